The van der Waals surface area contributed by atoms with E-state index in [4.69, 9.17) is 4.74 Å². The van der Waals surface area contributed by atoms with Gasteiger partial charge in [-0.3, -0.25) is 0 Å². The molecule has 1 aromatic rings. The molecule has 0 aromatic carbocycles. The Morgan fingerprint density at radius 2 is 1.95 bits per heavy atom. The molecule has 1 N–H and O–H groups in total. The topological polar surface area (TPSA) is 56.1 Å². The van der Waals surface area contributed by atoms with E-state index in [-0.39, 0.29) is 17.7 Å². The van der Waals surface area contributed by atoms with E-state index < -0.39 is 0 Å². The number of fused-ring (bicyclic) bond motifs is 1. The van der Waals surface area contributed by atoms with Crippen LogP contribution in [0.3, 0.4) is 0 Å². The van der Waals surface area contributed by atoms with Crippen molar-refractivity contribution in [2.45, 2.75) is 73.1 Å². The van der Waals surface area contributed by atoms with Gasteiger partial charge in [-0.1, -0.05) is 27.7 Å². The quantitative estimate of drug-likeness (QED) is 0.850. The highest BCUT2D eigenvalue weighted by molar-refractivity contribution is 5.68. The van der Waals surface area contributed by atoms with Crippen LogP contribution in [-0.2, 0) is 11.3 Å². The molecule has 0 spiro atoms. The fourth-order valence-electron chi connectivity index (χ4n) is 1.76. The first-order valence-corrected chi connectivity index (χ1v) is 7.45. The SMILES string of the molecule is CC.CC.CC(C)(C)NC(=O)OC1CCn2ccnc21. The van der Waals surface area contributed by atoms with Crippen LogP contribution < -0.4 is 5.32 Å². The number of hydrogen-bond acceptors (Lipinski definition) is 3. The molecule has 1 aromatic heterocycles. The van der Waals surface area contributed by atoms with Crippen LogP contribution in [0.15, 0.2) is 12.4 Å². The van der Waals surface area contributed by atoms with Gasteiger partial charge < -0.3 is 14.6 Å². The molecule has 2 heterocycles. The summed E-state index contributed by atoms with van der Waals surface area (Å²) >= 11 is 0. The predicted octanol–water partition coefficient (Wildman–Crippen LogP) is 3.91. The van der Waals surface area contributed by atoms with Crippen molar-refractivity contribution >= 4 is 6.09 Å². The summed E-state index contributed by atoms with van der Waals surface area (Å²) in [6.45, 7) is 14.6. The van der Waals surface area contributed by atoms with E-state index in [0.717, 1.165) is 18.8 Å². The normalized spacial score (nSPS) is 16.1. The molecule has 0 fully saturated rings. The minimum Gasteiger partial charge on any atom is -0.438 e. The molecule has 2 rings (SSSR count). The molecule has 1 unspecified atom stereocenters. The third-order valence-corrected chi connectivity index (χ3v) is 2.39. The average molecular weight is 283 g/mol. The van der Waals surface area contributed by atoms with Gasteiger partial charge in [0, 0.05) is 30.9 Å². The Balaban J connectivity index is 0.000000829. The summed E-state index contributed by atoms with van der Waals surface area (Å²) in [5.41, 5.74) is -0.273. The van der Waals surface area contributed by atoms with Gasteiger partial charge in [-0.25, -0.2) is 9.78 Å². The van der Waals surface area contributed by atoms with Crippen LogP contribution in [0.25, 0.3) is 0 Å². The number of rotatable bonds is 1. The van der Waals surface area contributed by atoms with Crippen molar-refractivity contribution in [3.63, 3.8) is 0 Å². The Labute approximate surface area is 122 Å². The van der Waals surface area contributed by atoms with Gasteiger partial charge in [0.15, 0.2) is 6.10 Å². The van der Waals surface area contributed by atoms with Gasteiger partial charge in [0.25, 0.3) is 0 Å². The van der Waals surface area contributed by atoms with Crippen LogP contribution in [0, 0.1) is 0 Å². The van der Waals surface area contributed by atoms with Crippen LogP contribution in [0.2, 0.25) is 0 Å². The first kappa shape index (κ1) is 18.5. The molecule has 0 saturated heterocycles. The van der Waals surface area contributed by atoms with Gasteiger partial charge in [-0.05, 0) is 20.8 Å². The Bertz CT molecular complexity index is 394. The Kier molecular flexibility index (Phi) is 7.96. The highest BCUT2D eigenvalue weighted by atomic mass is 16.6. The molecule has 1 aliphatic rings. The number of nitrogens with one attached hydrogen (secondary N) is 1. The lowest BCUT2D eigenvalue weighted by molar-refractivity contribution is 0.0898. The summed E-state index contributed by atoms with van der Waals surface area (Å²) in [7, 11) is 0. The van der Waals surface area contributed by atoms with Crippen LogP contribution in [-0.4, -0.2) is 21.2 Å². The highest BCUT2D eigenvalue weighted by Crippen LogP contribution is 2.27. The number of carbonyl (C=O) groups excluding carboxylic acids is 1. The second kappa shape index (κ2) is 8.61. The lowest BCUT2D eigenvalue weighted by Gasteiger charge is -2.21. The smallest absolute Gasteiger partial charge is 0.408 e. The number of aromatic nitrogens is 2. The summed E-state index contributed by atoms with van der Waals surface area (Å²) in [6, 6.07) is 0. The van der Waals surface area contributed by atoms with Crippen molar-refractivity contribution < 1.29 is 9.53 Å². The van der Waals surface area contributed by atoms with Gasteiger partial charge in [-0.15, -0.1) is 0 Å². The lowest BCUT2D eigenvalue weighted by Crippen LogP contribution is -2.41. The molecular formula is C15H29N3O2. The lowest BCUT2D eigenvalue weighted by atomic mass is 10.1. The number of carbonyl (C=O) groups is 1. The predicted molar refractivity (Wildman–Crippen MR) is 81.7 cm³/mol. The van der Waals surface area contributed by atoms with E-state index in [1.807, 2.05) is 59.2 Å². The number of hydrogen-bond donors (Lipinski definition) is 1. The number of aryl methyl sites for hydroxylation is 1. The van der Waals surface area contributed by atoms with Gasteiger partial charge in [-0.2, -0.15) is 0 Å². The maximum Gasteiger partial charge on any atom is 0.408 e. The van der Waals surface area contributed by atoms with E-state index >= 15 is 0 Å². The monoisotopic (exact) mass is 283 g/mol. The standard InChI is InChI=1S/C11H17N3O2.2C2H6/c1-11(2,3)13-10(15)16-8-4-6-14-7-5-12-9(8)14;2*1-2/h5,7-8H,4,6H2,1-3H3,(H,13,15);2*1-2H3. The van der Waals surface area contributed by atoms with Crippen molar-refractivity contribution in [1.29, 1.82) is 0 Å². The van der Waals surface area contributed by atoms with E-state index in [2.05, 4.69) is 10.3 Å². The Hall–Kier alpha value is -1.52. The van der Waals surface area contributed by atoms with Crippen LogP contribution in [0.5, 0.6) is 0 Å². The molecule has 20 heavy (non-hydrogen) atoms. The first-order chi connectivity index (χ1) is 9.46. The second-order valence-electron chi connectivity index (χ2n) is 5.04. The van der Waals surface area contributed by atoms with Crippen LogP contribution >= 0.6 is 0 Å². The number of amides is 1. The molecule has 1 atom stereocenters. The molecule has 1 aliphatic heterocycles. The number of imidazole rings is 1. The molecule has 0 bridgehead atoms. The third-order valence-electron chi connectivity index (χ3n) is 2.39. The van der Waals surface area contributed by atoms with Crippen LogP contribution in [0.4, 0.5) is 4.79 Å². The molecule has 1 amide bonds. The molecule has 0 saturated carbocycles. The Morgan fingerprint density at radius 1 is 1.35 bits per heavy atom. The molecule has 116 valence electrons. The summed E-state index contributed by atoms with van der Waals surface area (Å²) in [5.74, 6) is 0.837. The van der Waals surface area contributed by atoms with Gasteiger partial charge in [0.2, 0.25) is 0 Å². The minimum atomic E-state index is -0.381. The number of ether oxygens (including phenoxy) is 1. The maximum atomic E-state index is 11.6. The largest absolute Gasteiger partial charge is 0.438 e. The fourth-order valence-corrected chi connectivity index (χ4v) is 1.76. The Morgan fingerprint density at radius 3 is 2.50 bits per heavy atom. The van der Waals surface area contributed by atoms with Gasteiger partial charge >= 0.3 is 6.09 Å². The van der Waals surface area contributed by atoms with Crippen molar-refractivity contribution in [3.05, 3.63) is 18.2 Å². The maximum absolute atomic E-state index is 11.6. The van der Waals surface area contributed by atoms with Crippen molar-refractivity contribution in [2.24, 2.45) is 0 Å². The fraction of sp³-hybridized carbons (Fsp3) is 0.733. The zero-order valence-corrected chi connectivity index (χ0v) is 13.9. The van der Waals surface area contributed by atoms with Crippen molar-refractivity contribution in [2.75, 3.05) is 0 Å². The molecular weight excluding hydrogens is 254 g/mol. The van der Waals surface area contributed by atoms with Gasteiger partial charge in [0.05, 0.1) is 0 Å². The summed E-state index contributed by atoms with van der Waals surface area (Å²) in [4.78, 5) is 15.8. The highest BCUT2D eigenvalue weighted by Gasteiger charge is 2.28. The number of alkyl carbamates (subject to hydrolysis) is 1. The summed E-state index contributed by atoms with van der Waals surface area (Å²) < 4.78 is 7.35. The first-order valence-electron chi connectivity index (χ1n) is 7.45. The van der Waals surface area contributed by atoms with Crippen molar-refractivity contribution in [3.8, 4) is 0 Å². The molecule has 5 heteroatoms. The van der Waals surface area contributed by atoms with E-state index in [1.54, 1.807) is 6.20 Å². The zero-order chi connectivity index (χ0) is 15.8. The van der Waals surface area contributed by atoms with E-state index in [1.165, 1.54) is 0 Å². The second-order valence-corrected chi connectivity index (χ2v) is 5.04. The van der Waals surface area contributed by atoms with Gasteiger partial charge in [0.1, 0.15) is 5.82 Å². The van der Waals surface area contributed by atoms with Crippen molar-refractivity contribution in [1.82, 2.24) is 14.9 Å². The van der Waals surface area contributed by atoms with E-state index in [0.29, 0.717) is 0 Å². The molecule has 5 nitrogen and oxygen atoms in total. The van der Waals surface area contributed by atoms with Crippen LogP contribution in [0.1, 0.15) is 66.8 Å². The zero-order valence-electron chi connectivity index (χ0n) is 13.9. The number of nitrogens with zero attached hydrogens (tertiary/aromatic N) is 2. The minimum absolute atomic E-state index is 0.211. The third kappa shape index (κ3) is 5.63. The summed E-state index contributed by atoms with van der Waals surface area (Å²) in [5, 5.41) is 2.77. The molecule has 0 radical (unpaired) electrons. The average Bonchev–Trinajstić information content (AvgIpc) is 2.97. The molecule has 0 aliphatic carbocycles. The van der Waals surface area contributed by atoms with E-state index in [9.17, 15) is 4.79 Å². The summed E-state index contributed by atoms with van der Waals surface area (Å²) in [6.07, 6.45) is 3.85.